The molecule has 1 aliphatic rings. The Kier molecular flexibility index (Phi) is 4.97. The van der Waals surface area contributed by atoms with Crippen LogP contribution in [-0.2, 0) is 9.47 Å². The first-order valence-electron chi connectivity index (χ1n) is 2.39. The molecule has 0 aromatic heterocycles. The van der Waals surface area contributed by atoms with E-state index in [9.17, 15) is 17.6 Å². The number of ether oxygens (including phenoxy) is 2. The Balaban J connectivity index is 0.000000183. The fourth-order valence-electron chi connectivity index (χ4n) is 0.196. The van der Waals surface area contributed by atoms with Crippen LogP contribution >= 0.6 is 0 Å². The molecule has 11 heavy (non-hydrogen) atoms. The molecule has 0 saturated carbocycles. The van der Waals surface area contributed by atoms with Crippen LogP contribution in [-0.4, -0.2) is 6.79 Å². The molecule has 1 rings (SSSR count). The smallest absolute Gasteiger partial charge is 0.334 e. The summed E-state index contributed by atoms with van der Waals surface area (Å²) >= 11 is 0. The van der Waals surface area contributed by atoms with Crippen LogP contribution in [0.4, 0.5) is 17.6 Å². The van der Waals surface area contributed by atoms with Gasteiger partial charge in [-0.15, -0.1) is 0 Å². The van der Waals surface area contributed by atoms with E-state index in [-0.39, 0.29) is 0 Å². The van der Waals surface area contributed by atoms with Gasteiger partial charge in [-0.05, 0) is 0 Å². The van der Waals surface area contributed by atoms with Crippen molar-refractivity contribution >= 4 is 0 Å². The van der Waals surface area contributed by atoms with Gasteiger partial charge in [0.1, 0.15) is 12.5 Å². The molecule has 1 aliphatic heterocycles. The van der Waals surface area contributed by atoms with Crippen molar-refractivity contribution in [2.45, 2.75) is 0 Å². The Labute approximate surface area is 59.7 Å². The van der Waals surface area contributed by atoms with Gasteiger partial charge in [0.15, 0.2) is 0 Å². The highest BCUT2D eigenvalue weighted by atomic mass is 19.3. The Morgan fingerprint density at radius 1 is 0.909 bits per heavy atom. The average Bonchev–Trinajstić information content (AvgIpc) is 2.41. The van der Waals surface area contributed by atoms with Crippen LogP contribution < -0.4 is 0 Å². The molecular weight excluding hydrogens is 168 g/mol. The van der Waals surface area contributed by atoms with E-state index in [2.05, 4.69) is 9.47 Å². The summed E-state index contributed by atoms with van der Waals surface area (Å²) in [6.07, 6.45) is -2.79. The van der Waals surface area contributed by atoms with Gasteiger partial charge in [-0.1, -0.05) is 0 Å². The minimum absolute atomic E-state index is 0.389. The van der Waals surface area contributed by atoms with Crippen LogP contribution in [0, 0.1) is 0 Å². The first kappa shape index (κ1) is 9.80. The second kappa shape index (κ2) is 5.57. The molecule has 0 unspecified atom stereocenters. The van der Waals surface area contributed by atoms with Crippen LogP contribution in [0.25, 0.3) is 0 Å². The topological polar surface area (TPSA) is 18.5 Å². The summed E-state index contributed by atoms with van der Waals surface area (Å²) in [5.41, 5.74) is 0. The summed E-state index contributed by atoms with van der Waals surface area (Å²) < 4.78 is 50.2. The SMILES string of the molecule is C1=COCO1.FC(F)=C(F)F. The van der Waals surface area contributed by atoms with E-state index in [0.29, 0.717) is 6.79 Å². The minimum atomic E-state index is -2.91. The highest BCUT2D eigenvalue weighted by molar-refractivity contribution is 4.77. The van der Waals surface area contributed by atoms with Crippen molar-refractivity contribution in [1.29, 1.82) is 0 Å². The fraction of sp³-hybridized carbons (Fsp3) is 0.200. The molecule has 1 heterocycles. The molecule has 0 bridgehead atoms. The lowest BCUT2D eigenvalue weighted by atomic mass is 11.1. The third-order valence-corrected chi connectivity index (χ3v) is 0.527. The fourth-order valence-corrected chi connectivity index (χ4v) is 0.196. The van der Waals surface area contributed by atoms with Gasteiger partial charge in [-0.2, -0.15) is 17.6 Å². The molecule has 6 heteroatoms. The maximum absolute atomic E-state index is 10.3. The maximum atomic E-state index is 10.3. The molecule has 0 saturated heterocycles. The van der Waals surface area contributed by atoms with Gasteiger partial charge >= 0.3 is 12.2 Å². The largest absolute Gasteiger partial charge is 0.462 e. The summed E-state index contributed by atoms with van der Waals surface area (Å²) in [4.78, 5) is 0. The maximum Gasteiger partial charge on any atom is 0.334 e. The van der Waals surface area contributed by atoms with Gasteiger partial charge < -0.3 is 9.47 Å². The van der Waals surface area contributed by atoms with Crippen LogP contribution in [0.15, 0.2) is 24.7 Å². The highest BCUT2D eigenvalue weighted by Gasteiger charge is 1.98. The second-order valence-corrected chi connectivity index (χ2v) is 1.24. The third-order valence-electron chi connectivity index (χ3n) is 0.527. The number of hydrogen-bond donors (Lipinski definition) is 0. The van der Waals surface area contributed by atoms with Gasteiger partial charge in [0.25, 0.3) is 0 Å². The van der Waals surface area contributed by atoms with E-state index < -0.39 is 12.2 Å². The normalized spacial score (nSPS) is 12.4. The first-order valence-corrected chi connectivity index (χ1v) is 2.39. The predicted molar refractivity (Wildman–Crippen MR) is 27.6 cm³/mol. The summed E-state index contributed by atoms with van der Waals surface area (Å²) in [5, 5.41) is 0. The predicted octanol–water partition coefficient (Wildman–Crippen LogP) is 2.45. The van der Waals surface area contributed by atoms with Crippen molar-refractivity contribution in [2.75, 3.05) is 6.79 Å². The van der Waals surface area contributed by atoms with Crippen molar-refractivity contribution in [1.82, 2.24) is 0 Å². The Hall–Kier alpha value is -1.20. The second-order valence-electron chi connectivity index (χ2n) is 1.24. The van der Waals surface area contributed by atoms with E-state index in [1.165, 1.54) is 12.5 Å². The summed E-state index contributed by atoms with van der Waals surface area (Å²) in [5.74, 6) is 0. The molecule has 0 spiro atoms. The standard InChI is InChI=1S/C3H4O2.C2F4/c1-2-5-3-4-1;3-1(4)2(5)6/h1-2H,3H2;. The number of halogens is 4. The van der Waals surface area contributed by atoms with Gasteiger partial charge in [0.05, 0.1) is 0 Å². The van der Waals surface area contributed by atoms with Crippen molar-refractivity contribution < 1.29 is 27.0 Å². The molecule has 64 valence electrons. The lowest BCUT2D eigenvalue weighted by Gasteiger charge is -1.82. The van der Waals surface area contributed by atoms with E-state index in [1.807, 2.05) is 0 Å². The zero-order chi connectivity index (χ0) is 8.69. The molecule has 0 fully saturated rings. The third kappa shape index (κ3) is 6.69. The van der Waals surface area contributed by atoms with Gasteiger partial charge in [0, 0.05) is 0 Å². The molecular formula is C5H4F4O2. The Morgan fingerprint density at radius 2 is 1.27 bits per heavy atom. The van der Waals surface area contributed by atoms with E-state index in [4.69, 9.17) is 0 Å². The summed E-state index contributed by atoms with van der Waals surface area (Å²) in [6.45, 7) is 0.389. The van der Waals surface area contributed by atoms with Gasteiger partial charge in [-0.3, -0.25) is 0 Å². The van der Waals surface area contributed by atoms with E-state index >= 15 is 0 Å². The molecule has 2 nitrogen and oxygen atoms in total. The monoisotopic (exact) mass is 172 g/mol. The van der Waals surface area contributed by atoms with Crippen molar-refractivity contribution in [2.24, 2.45) is 0 Å². The molecule has 0 N–H and O–H groups in total. The summed E-state index contributed by atoms with van der Waals surface area (Å²) in [7, 11) is 0. The zero-order valence-electron chi connectivity index (χ0n) is 5.19. The zero-order valence-corrected chi connectivity index (χ0v) is 5.19. The van der Waals surface area contributed by atoms with E-state index in [1.54, 1.807) is 0 Å². The molecule has 0 aliphatic carbocycles. The van der Waals surface area contributed by atoms with Crippen LogP contribution in [0.1, 0.15) is 0 Å². The molecule has 0 radical (unpaired) electrons. The molecule has 0 atom stereocenters. The number of hydrogen-bond acceptors (Lipinski definition) is 2. The molecule has 0 amide bonds. The quantitative estimate of drug-likeness (QED) is 0.522. The Morgan fingerprint density at radius 3 is 1.36 bits per heavy atom. The van der Waals surface area contributed by atoms with Gasteiger partial charge in [-0.25, -0.2) is 0 Å². The van der Waals surface area contributed by atoms with Crippen LogP contribution in [0.3, 0.4) is 0 Å². The Bertz CT molecular complexity index is 142. The highest BCUT2D eigenvalue weighted by Crippen LogP contribution is 2.08. The summed E-state index contributed by atoms with van der Waals surface area (Å²) in [6, 6.07) is 0. The minimum Gasteiger partial charge on any atom is -0.462 e. The lowest BCUT2D eigenvalue weighted by Crippen LogP contribution is -1.75. The van der Waals surface area contributed by atoms with Crippen molar-refractivity contribution in [3.05, 3.63) is 24.7 Å². The lowest BCUT2D eigenvalue weighted by molar-refractivity contribution is 0.0920. The number of rotatable bonds is 0. The van der Waals surface area contributed by atoms with E-state index in [0.717, 1.165) is 0 Å². The first-order chi connectivity index (χ1) is 5.14. The van der Waals surface area contributed by atoms with Crippen LogP contribution in [0.2, 0.25) is 0 Å². The molecule has 0 aromatic carbocycles. The van der Waals surface area contributed by atoms with Gasteiger partial charge in [0.2, 0.25) is 6.79 Å². The van der Waals surface area contributed by atoms with Crippen LogP contribution in [0.5, 0.6) is 0 Å². The van der Waals surface area contributed by atoms with Crippen molar-refractivity contribution in [3.63, 3.8) is 0 Å². The van der Waals surface area contributed by atoms with Crippen molar-refractivity contribution in [3.8, 4) is 0 Å². The molecule has 0 aromatic rings. The average molecular weight is 172 g/mol.